The molecule has 0 bridgehead atoms. The molecule has 1 heterocycles. The summed E-state index contributed by atoms with van der Waals surface area (Å²) in [7, 11) is 2.78. The van der Waals surface area contributed by atoms with E-state index in [1.807, 2.05) is 6.26 Å². The topological polar surface area (TPSA) is 24.9 Å². The third-order valence-corrected chi connectivity index (χ3v) is 2.53. The van der Waals surface area contributed by atoms with Crippen molar-refractivity contribution < 1.29 is 13.2 Å². The van der Waals surface area contributed by atoms with E-state index in [0.717, 1.165) is 12.3 Å². The first kappa shape index (κ1) is 11.5. The molecule has 0 spiro atoms. The van der Waals surface area contributed by atoms with Gasteiger partial charge in [-0.3, -0.25) is 0 Å². The Morgan fingerprint density at radius 1 is 1.36 bits per heavy atom. The average molecular weight is 240 g/mol. The Labute approximate surface area is 87.2 Å². The normalized spacial score (nSPS) is 11.4. The second-order valence-corrected chi connectivity index (χ2v) is 4.49. The van der Waals surface area contributed by atoms with E-state index >= 15 is 0 Å². The van der Waals surface area contributed by atoms with Gasteiger partial charge in [-0.1, -0.05) is 10.8 Å². The number of aromatic nitrogens is 1. The highest BCUT2D eigenvalue weighted by atomic mass is 33.1. The third-order valence-electron chi connectivity index (χ3n) is 1.30. The van der Waals surface area contributed by atoms with E-state index < -0.39 is 11.9 Å². The van der Waals surface area contributed by atoms with Gasteiger partial charge in [0.05, 0.1) is 11.9 Å². The quantitative estimate of drug-likeness (QED) is 0.646. The molecule has 0 atom stereocenters. The van der Waals surface area contributed by atoms with E-state index in [1.54, 1.807) is 0 Å². The molecule has 0 radical (unpaired) electrons. The highest BCUT2D eigenvalue weighted by Gasteiger charge is 2.31. The zero-order valence-corrected chi connectivity index (χ0v) is 8.76. The first-order valence-electron chi connectivity index (χ1n) is 3.53. The molecule has 1 rings (SSSR count). The van der Waals surface area contributed by atoms with Gasteiger partial charge in [-0.2, -0.15) is 13.2 Å². The number of halogens is 3. The molecule has 0 amide bonds. The minimum Gasteiger partial charge on any atom is -0.319 e. The summed E-state index contributed by atoms with van der Waals surface area (Å²) < 4.78 is 39.1. The zero-order valence-electron chi connectivity index (χ0n) is 7.13. The number of alkyl halides is 3. The number of hydrogen-bond acceptors (Lipinski definition) is 4. The molecule has 0 unspecified atom stereocenters. The van der Waals surface area contributed by atoms with E-state index in [1.165, 1.54) is 27.8 Å². The van der Waals surface area contributed by atoms with Gasteiger partial charge in [0.15, 0.2) is 0 Å². The maximum absolute atomic E-state index is 12.1. The Morgan fingerprint density at radius 3 is 2.50 bits per heavy atom. The van der Waals surface area contributed by atoms with Crippen LogP contribution in [0.5, 0.6) is 0 Å². The second-order valence-electron chi connectivity index (χ2n) is 2.28. The number of nitrogens with one attached hydrogen (secondary N) is 1. The summed E-state index contributed by atoms with van der Waals surface area (Å²) >= 11 is 0. The van der Waals surface area contributed by atoms with Gasteiger partial charge in [0.2, 0.25) is 0 Å². The summed E-state index contributed by atoms with van der Waals surface area (Å²) in [5, 5.41) is 0. The Bertz CT molecular complexity index is 286. The Morgan fingerprint density at radius 2 is 2.07 bits per heavy atom. The van der Waals surface area contributed by atoms with Crippen LogP contribution in [0, 0.1) is 0 Å². The Hall–Kier alpha value is -0.560. The fraction of sp³-hybridized carbons (Fsp3) is 0.286. The highest BCUT2D eigenvalue weighted by molar-refractivity contribution is 8.76. The van der Waals surface area contributed by atoms with Crippen molar-refractivity contribution in [2.75, 3.05) is 11.0 Å². The van der Waals surface area contributed by atoms with Gasteiger partial charge in [-0.25, -0.2) is 4.98 Å². The van der Waals surface area contributed by atoms with Crippen LogP contribution in [0.15, 0.2) is 18.3 Å². The van der Waals surface area contributed by atoms with Gasteiger partial charge in [-0.15, -0.1) is 0 Å². The predicted molar refractivity (Wildman–Crippen MR) is 54.0 cm³/mol. The number of pyridine rings is 1. The number of rotatable bonds is 3. The summed E-state index contributed by atoms with van der Waals surface area (Å²) in [6.07, 6.45) is -1.35. The van der Waals surface area contributed by atoms with E-state index in [0.29, 0.717) is 5.69 Å². The van der Waals surface area contributed by atoms with Gasteiger partial charge >= 0.3 is 6.18 Å². The monoisotopic (exact) mass is 240 g/mol. The van der Waals surface area contributed by atoms with Crippen molar-refractivity contribution in [3.8, 4) is 0 Å². The van der Waals surface area contributed by atoms with Crippen LogP contribution in [-0.4, -0.2) is 11.2 Å². The lowest BCUT2D eigenvalue weighted by atomic mass is 10.3. The fourth-order valence-electron chi connectivity index (χ4n) is 0.712. The molecule has 14 heavy (non-hydrogen) atoms. The maximum atomic E-state index is 12.1. The molecule has 0 saturated heterocycles. The molecule has 1 aromatic heterocycles. The SMILES string of the molecule is CSSNc1ccc(C(F)(F)F)nc1. The molecule has 0 aliphatic carbocycles. The van der Waals surface area contributed by atoms with E-state index in [9.17, 15) is 13.2 Å². The molecule has 0 aliphatic rings. The van der Waals surface area contributed by atoms with Gasteiger partial charge < -0.3 is 4.72 Å². The first-order valence-corrected chi connectivity index (χ1v) is 6.09. The molecule has 7 heteroatoms. The maximum Gasteiger partial charge on any atom is 0.433 e. The Kier molecular flexibility index (Phi) is 3.94. The minimum atomic E-state index is -4.37. The Balaban J connectivity index is 2.69. The van der Waals surface area contributed by atoms with Gasteiger partial charge in [0, 0.05) is 11.0 Å². The molecule has 78 valence electrons. The molecule has 0 aliphatic heterocycles. The third kappa shape index (κ3) is 3.30. The predicted octanol–water partition coefficient (Wildman–Crippen LogP) is 3.44. The van der Waals surface area contributed by atoms with Crippen molar-refractivity contribution in [1.82, 2.24) is 4.98 Å². The fourth-order valence-corrected chi connectivity index (χ4v) is 1.55. The summed E-state index contributed by atoms with van der Waals surface area (Å²) in [6.45, 7) is 0. The van der Waals surface area contributed by atoms with Gasteiger partial charge in [-0.05, 0) is 18.4 Å². The lowest BCUT2D eigenvalue weighted by molar-refractivity contribution is -0.141. The zero-order chi connectivity index (χ0) is 10.6. The summed E-state index contributed by atoms with van der Waals surface area (Å²) in [6, 6.07) is 2.29. The van der Waals surface area contributed by atoms with Crippen molar-refractivity contribution in [3.05, 3.63) is 24.0 Å². The van der Waals surface area contributed by atoms with Crippen LogP contribution in [0.1, 0.15) is 5.69 Å². The molecule has 0 aromatic carbocycles. The van der Waals surface area contributed by atoms with Crippen molar-refractivity contribution in [1.29, 1.82) is 0 Å². The van der Waals surface area contributed by atoms with Crippen LogP contribution in [-0.2, 0) is 6.18 Å². The standard InChI is InChI=1S/C7H7F3N2S2/c1-13-14-12-5-2-3-6(11-4-5)7(8,9)10/h2-4,12H,1H3. The molecule has 1 aromatic rings. The molecule has 1 N–H and O–H groups in total. The minimum absolute atomic E-state index is 0.553. The van der Waals surface area contributed by atoms with Crippen LogP contribution < -0.4 is 4.72 Å². The van der Waals surface area contributed by atoms with Gasteiger partial charge in [0.1, 0.15) is 5.69 Å². The van der Waals surface area contributed by atoms with Gasteiger partial charge in [0.25, 0.3) is 0 Å². The smallest absolute Gasteiger partial charge is 0.319 e. The summed E-state index contributed by atoms with van der Waals surface area (Å²) in [5.41, 5.74) is -0.324. The van der Waals surface area contributed by atoms with Crippen LogP contribution >= 0.6 is 21.8 Å². The number of hydrogen-bond donors (Lipinski definition) is 1. The number of nitrogens with zero attached hydrogens (tertiary/aromatic N) is 1. The lowest BCUT2D eigenvalue weighted by Gasteiger charge is -2.06. The molecule has 0 fully saturated rings. The van der Waals surface area contributed by atoms with E-state index in [2.05, 4.69) is 9.71 Å². The van der Waals surface area contributed by atoms with Crippen LogP contribution in [0.4, 0.5) is 18.9 Å². The molecular formula is C7H7F3N2S2. The second kappa shape index (κ2) is 4.79. The summed E-state index contributed by atoms with van der Waals surface area (Å²) in [5.74, 6) is 0. The van der Waals surface area contributed by atoms with Crippen molar-refractivity contribution in [3.63, 3.8) is 0 Å². The molecule has 2 nitrogen and oxygen atoms in total. The molecule has 0 saturated carbocycles. The van der Waals surface area contributed by atoms with Crippen molar-refractivity contribution in [2.24, 2.45) is 0 Å². The van der Waals surface area contributed by atoms with Crippen LogP contribution in [0.3, 0.4) is 0 Å². The van der Waals surface area contributed by atoms with E-state index in [4.69, 9.17) is 0 Å². The number of anilines is 1. The largest absolute Gasteiger partial charge is 0.433 e. The van der Waals surface area contributed by atoms with Crippen LogP contribution in [0.25, 0.3) is 0 Å². The van der Waals surface area contributed by atoms with Crippen molar-refractivity contribution in [2.45, 2.75) is 6.18 Å². The van der Waals surface area contributed by atoms with Crippen molar-refractivity contribution >= 4 is 27.5 Å². The van der Waals surface area contributed by atoms with Crippen LogP contribution in [0.2, 0.25) is 0 Å². The molecular weight excluding hydrogens is 233 g/mol. The van der Waals surface area contributed by atoms with E-state index in [-0.39, 0.29) is 0 Å². The summed E-state index contributed by atoms with van der Waals surface area (Å²) in [4.78, 5) is 3.29. The lowest BCUT2D eigenvalue weighted by Crippen LogP contribution is -2.07. The first-order chi connectivity index (χ1) is 6.54. The average Bonchev–Trinajstić information content (AvgIpc) is 2.14. The highest BCUT2D eigenvalue weighted by Crippen LogP contribution is 2.28.